The Morgan fingerprint density at radius 2 is 2.56 bits per heavy atom. The van der Waals surface area contributed by atoms with E-state index in [1.807, 2.05) is 0 Å². The second-order valence-corrected chi connectivity index (χ2v) is 5.26. The molecule has 1 aromatic heterocycles. The van der Waals surface area contributed by atoms with Crippen LogP contribution in [0.3, 0.4) is 0 Å². The number of hydrogen-bond acceptors (Lipinski definition) is 6. The van der Waals surface area contributed by atoms with Crippen LogP contribution in [0.1, 0.15) is 25.7 Å². The lowest BCUT2D eigenvalue weighted by atomic mass is 10.1. The smallest absolute Gasteiger partial charge is 0.240 e. The van der Waals surface area contributed by atoms with Gasteiger partial charge in [0.05, 0.1) is 6.54 Å². The topological polar surface area (TPSA) is 78.4 Å². The molecule has 1 unspecified atom stereocenters. The first-order chi connectivity index (χ1) is 8.79. The number of carbonyl (C=O) groups is 1. The summed E-state index contributed by atoms with van der Waals surface area (Å²) in [4.78, 5) is 14.0. The van der Waals surface area contributed by atoms with Gasteiger partial charge in [-0.3, -0.25) is 15.0 Å². The van der Waals surface area contributed by atoms with Gasteiger partial charge in [-0.15, -0.1) is 10.2 Å². The van der Waals surface area contributed by atoms with Gasteiger partial charge in [-0.05, 0) is 32.2 Å². The number of carbonyl (C=O) groups excluding carboxylic acids is 1. The molecule has 1 atom stereocenters. The highest BCUT2D eigenvalue weighted by Gasteiger charge is 2.25. The number of hydrogen-bond donors (Lipinski definition) is 2. The maximum absolute atomic E-state index is 11.8. The number of amides is 1. The second kappa shape index (κ2) is 6.77. The minimum Gasteiger partial charge on any atom is -0.396 e. The fourth-order valence-corrected chi connectivity index (χ4v) is 2.79. The van der Waals surface area contributed by atoms with Crippen LogP contribution < -0.4 is 5.32 Å². The standard InChI is InChI=1S/C11H18N4O2S/c16-6-2-4-9-3-1-5-15(9)7-10(17)13-11-14-12-8-18-11/h8-9,16H,1-7H2,(H,13,14,17). The fraction of sp³-hybridized carbons (Fsp3) is 0.727. The van der Waals surface area contributed by atoms with E-state index in [1.165, 1.54) is 11.3 Å². The maximum atomic E-state index is 11.8. The number of aliphatic hydroxyl groups is 1. The summed E-state index contributed by atoms with van der Waals surface area (Å²) in [6.45, 7) is 1.58. The van der Waals surface area contributed by atoms with Gasteiger partial charge < -0.3 is 5.11 Å². The van der Waals surface area contributed by atoms with E-state index in [0.29, 0.717) is 17.7 Å². The van der Waals surface area contributed by atoms with Crippen molar-refractivity contribution in [1.29, 1.82) is 0 Å². The Morgan fingerprint density at radius 3 is 3.28 bits per heavy atom. The van der Waals surface area contributed by atoms with Gasteiger partial charge in [0.1, 0.15) is 5.51 Å². The van der Waals surface area contributed by atoms with E-state index < -0.39 is 0 Å². The monoisotopic (exact) mass is 270 g/mol. The van der Waals surface area contributed by atoms with Crippen molar-refractivity contribution < 1.29 is 9.90 Å². The van der Waals surface area contributed by atoms with Gasteiger partial charge in [-0.1, -0.05) is 11.3 Å². The average molecular weight is 270 g/mol. The molecular formula is C11H18N4O2S. The van der Waals surface area contributed by atoms with Gasteiger partial charge in [-0.2, -0.15) is 0 Å². The third-order valence-corrected chi connectivity index (χ3v) is 3.75. The first-order valence-electron chi connectivity index (χ1n) is 6.20. The van der Waals surface area contributed by atoms with E-state index in [-0.39, 0.29) is 12.5 Å². The highest BCUT2D eigenvalue weighted by molar-refractivity contribution is 7.13. The van der Waals surface area contributed by atoms with Crippen molar-refractivity contribution >= 4 is 22.4 Å². The van der Waals surface area contributed by atoms with Crippen molar-refractivity contribution in [3.05, 3.63) is 5.51 Å². The number of nitrogens with one attached hydrogen (secondary N) is 1. The van der Waals surface area contributed by atoms with Crippen molar-refractivity contribution in [3.8, 4) is 0 Å². The van der Waals surface area contributed by atoms with Crippen molar-refractivity contribution in [1.82, 2.24) is 15.1 Å². The van der Waals surface area contributed by atoms with Crippen LogP contribution in [0.4, 0.5) is 5.13 Å². The molecule has 2 heterocycles. The zero-order valence-electron chi connectivity index (χ0n) is 10.2. The third-order valence-electron chi connectivity index (χ3n) is 3.15. The van der Waals surface area contributed by atoms with E-state index in [0.717, 1.165) is 32.2 Å². The zero-order valence-corrected chi connectivity index (χ0v) is 11.0. The molecule has 0 spiro atoms. The fourth-order valence-electron chi connectivity index (χ4n) is 2.33. The van der Waals surface area contributed by atoms with Gasteiger partial charge in [0, 0.05) is 12.6 Å². The molecule has 2 N–H and O–H groups in total. The average Bonchev–Trinajstić information content (AvgIpc) is 2.98. The number of aliphatic hydroxyl groups excluding tert-OH is 1. The van der Waals surface area contributed by atoms with Crippen LogP contribution >= 0.6 is 11.3 Å². The Labute approximate surface area is 110 Å². The molecule has 100 valence electrons. The van der Waals surface area contributed by atoms with Crippen LogP contribution in [-0.4, -0.2) is 51.8 Å². The molecular weight excluding hydrogens is 252 g/mol. The molecule has 6 nitrogen and oxygen atoms in total. The lowest BCUT2D eigenvalue weighted by Crippen LogP contribution is -2.36. The first-order valence-corrected chi connectivity index (χ1v) is 7.08. The molecule has 1 aromatic rings. The number of nitrogens with zero attached hydrogens (tertiary/aromatic N) is 3. The Morgan fingerprint density at radius 1 is 1.67 bits per heavy atom. The van der Waals surface area contributed by atoms with Crippen molar-refractivity contribution in [2.45, 2.75) is 31.7 Å². The Balaban J connectivity index is 1.78. The largest absolute Gasteiger partial charge is 0.396 e. The number of anilines is 1. The zero-order chi connectivity index (χ0) is 12.8. The van der Waals surface area contributed by atoms with Gasteiger partial charge in [0.15, 0.2) is 0 Å². The summed E-state index contributed by atoms with van der Waals surface area (Å²) >= 11 is 1.32. The maximum Gasteiger partial charge on any atom is 0.240 e. The predicted molar refractivity (Wildman–Crippen MR) is 69.5 cm³/mol. The summed E-state index contributed by atoms with van der Waals surface area (Å²) in [6, 6.07) is 0.428. The molecule has 1 amide bonds. The lowest BCUT2D eigenvalue weighted by Gasteiger charge is -2.23. The molecule has 0 radical (unpaired) electrons. The molecule has 18 heavy (non-hydrogen) atoms. The summed E-state index contributed by atoms with van der Waals surface area (Å²) in [6.07, 6.45) is 4.01. The van der Waals surface area contributed by atoms with Gasteiger partial charge in [-0.25, -0.2) is 0 Å². The molecule has 1 aliphatic rings. The first kappa shape index (κ1) is 13.4. The SMILES string of the molecule is O=C(CN1CCCC1CCCO)Nc1nncs1. The summed E-state index contributed by atoms with van der Waals surface area (Å²) in [5.74, 6) is -0.0392. The minimum absolute atomic E-state index is 0.0392. The van der Waals surface area contributed by atoms with E-state index in [4.69, 9.17) is 5.11 Å². The minimum atomic E-state index is -0.0392. The molecule has 0 saturated carbocycles. The molecule has 2 rings (SSSR count). The molecule has 0 aliphatic carbocycles. The highest BCUT2D eigenvalue weighted by Crippen LogP contribution is 2.21. The molecule has 0 bridgehead atoms. The van der Waals surface area contributed by atoms with E-state index in [2.05, 4.69) is 20.4 Å². The Bertz CT molecular complexity index is 371. The van der Waals surface area contributed by atoms with Gasteiger partial charge in [0.2, 0.25) is 11.0 Å². The quantitative estimate of drug-likeness (QED) is 0.796. The van der Waals surface area contributed by atoms with Crippen molar-refractivity contribution in [2.75, 3.05) is 25.0 Å². The lowest BCUT2D eigenvalue weighted by molar-refractivity contribution is -0.117. The van der Waals surface area contributed by atoms with Gasteiger partial charge >= 0.3 is 0 Å². The van der Waals surface area contributed by atoms with Crippen molar-refractivity contribution in [3.63, 3.8) is 0 Å². The number of aromatic nitrogens is 2. The van der Waals surface area contributed by atoms with Gasteiger partial charge in [0.25, 0.3) is 0 Å². The van der Waals surface area contributed by atoms with Crippen LogP contribution in [0.15, 0.2) is 5.51 Å². The Kier molecular flexibility index (Phi) is 5.03. The van der Waals surface area contributed by atoms with Crippen molar-refractivity contribution in [2.24, 2.45) is 0 Å². The van der Waals surface area contributed by atoms with Crippen LogP contribution in [0.25, 0.3) is 0 Å². The third kappa shape index (κ3) is 3.72. The van der Waals surface area contributed by atoms with Crippen LogP contribution in [-0.2, 0) is 4.79 Å². The highest BCUT2D eigenvalue weighted by atomic mass is 32.1. The molecule has 7 heteroatoms. The van der Waals surface area contributed by atoms with Crippen LogP contribution in [0.2, 0.25) is 0 Å². The summed E-state index contributed by atoms with van der Waals surface area (Å²) in [5.41, 5.74) is 1.59. The number of rotatable bonds is 6. The normalized spacial score (nSPS) is 20.2. The van der Waals surface area contributed by atoms with E-state index in [1.54, 1.807) is 5.51 Å². The molecule has 0 aromatic carbocycles. The van der Waals surface area contributed by atoms with Crippen LogP contribution in [0, 0.1) is 0 Å². The Hall–Kier alpha value is -1.05. The molecule has 1 fully saturated rings. The summed E-state index contributed by atoms with van der Waals surface area (Å²) in [5, 5.41) is 19.6. The van der Waals surface area contributed by atoms with Crippen LogP contribution in [0.5, 0.6) is 0 Å². The predicted octanol–water partition coefficient (Wildman–Crippen LogP) is 0.713. The second-order valence-electron chi connectivity index (χ2n) is 4.42. The van der Waals surface area contributed by atoms with E-state index >= 15 is 0 Å². The summed E-state index contributed by atoms with van der Waals surface area (Å²) in [7, 11) is 0. The van der Waals surface area contributed by atoms with E-state index in [9.17, 15) is 4.79 Å². The molecule has 1 aliphatic heterocycles. The molecule has 1 saturated heterocycles. The number of likely N-dealkylation sites (tertiary alicyclic amines) is 1. The summed E-state index contributed by atoms with van der Waals surface area (Å²) < 4.78 is 0.